The van der Waals surface area contributed by atoms with Crippen LogP contribution in [0, 0.1) is 11.7 Å². The molecule has 0 unspecified atom stereocenters. The lowest BCUT2D eigenvalue weighted by molar-refractivity contribution is -0.143. The standard InChI is InChI=1S/C23H29FN2O3/c1-17(2)23(28)26(16-19-9-11-20(24)12-10-19)21(22(27)25-13-14-29-3)15-18-7-5-4-6-8-18/h4-12,17,21H,13-16H2,1-3H3,(H,25,27)/t21-/m1/s1. The van der Waals surface area contributed by atoms with Gasteiger partial charge in [-0.2, -0.15) is 0 Å². The van der Waals surface area contributed by atoms with E-state index in [9.17, 15) is 14.0 Å². The number of hydrogen-bond acceptors (Lipinski definition) is 3. The first-order valence-corrected chi connectivity index (χ1v) is 9.78. The van der Waals surface area contributed by atoms with E-state index in [0.717, 1.165) is 11.1 Å². The van der Waals surface area contributed by atoms with Crippen LogP contribution in [0.5, 0.6) is 0 Å². The molecule has 2 aromatic rings. The van der Waals surface area contributed by atoms with Crippen molar-refractivity contribution in [1.82, 2.24) is 10.2 Å². The van der Waals surface area contributed by atoms with Gasteiger partial charge in [-0.05, 0) is 23.3 Å². The molecule has 2 amide bonds. The van der Waals surface area contributed by atoms with Crippen molar-refractivity contribution in [1.29, 1.82) is 0 Å². The molecule has 1 N–H and O–H groups in total. The van der Waals surface area contributed by atoms with Gasteiger partial charge in [-0.25, -0.2) is 4.39 Å². The minimum Gasteiger partial charge on any atom is -0.383 e. The van der Waals surface area contributed by atoms with Crippen molar-refractivity contribution in [2.45, 2.75) is 32.9 Å². The summed E-state index contributed by atoms with van der Waals surface area (Å²) in [4.78, 5) is 27.6. The Bertz CT molecular complexity index is 778. The Kier molecular flexibility index (Phi) is 8.80. The van der Waals surface area contributed by atoms with Gasteiger partial charge in [0.25, 0.3) is 0 Å². The van der Waals surface area contributed by atoms with E-state index in [-0.39, 0.29) is 30.1 Å². The van der Waals surface area contributed by atoms with Crippen LogP contribution >= 0.6 is 0 Å². The Morgan fingerprint density at radius 1 is 1.03 bits per heavy atom. The van der Waals surface area contributed by atoms with Crippen LogP contribution in [0.3, 0.4) is 0 Å². The lowest BCUT2D eigenvalue weighted by Gasteiger charge is -2.32. The molecule has 6 heteroatoms. The zero-order valence-corrected chi connectivity index (χ0v) is 17.2. The molecule has 0 aliphatic rings. The maximum Gasteiger partial charge on any atom is 0.243 e. The molecule has 0 aromatic heterocycles. The van der Waals surface area contributed by atoms with E-state index in [2.05, 4.69) is 5.32 Å². The zero-order valence-electron chi connectivity index (χ0n) is 17.2. The number of ether oxygens (including phenoxy) is 1. The van der Waals surface area contributed by atoms with E-state index < -0.39 is 6.04 Å². The van der Waals surface area contributed by atoms with Gasteiger partial charge in [0.2, 0.25) is 11.8 Å². The molecule has 2 rings (SSSR count). The van der Waals surface area contributed by atoms with Gasteiger partial charge >= 0.3 is 0 Å². The number of nitrogens with one attached hydrogen (secondary N) is 1. The normalized spacial score (nSPS) is 11.9. The number of halogens is 1. The minimum atomic E-state index is -0.686. The molecule has 0 fully saturated rings. The van der Waals surface area contributed by atoms with Crippen molar-refractivity contribution < 1.29 is 18.7 Å². The summed E-state index contributed by atoms with van der Waals surface area (Å²) in [6.45, 7) is 4.60. The van der Waals surface area contributed by atoms with Crippen LogP contribution in [0.15, 0.2) is 54.6 Å². The fraction of sp³-hybridized carbons (Fsp3) is 0.391. The zero-order chi connectivity index (χ0) is 21.2. The topological polar surface area (TPSA) is 58.6 Å². The van der Waals surface area contributed by atoms with E-state index in [1.165, 1.54) is 12.1 Å². The second-order valence-electron chi connectivity index (χ2n) is 7.24. The van der Waals surface area contributed by atoms with E-state index in [0.29, 0.717) is 19.6 Å². The van der Waals surface area contributed by atoms with Crippen LogP contribution in [0.2, 0.25) is 0 Å². The highest BCUT2D eigenvalue weighted by Crippen LogP contribution is 2.17. The van der Waals surface area contributed by atoms with E-state index >= 15 is 0 Å². The molecule has 29 heavy (non-hydrogen) atoms. The van der Waals surface area contributed by atoms with Crippen LogP contribution in [-0.4, -0.2) is 43.0 Å². The van der Waals surface area contributed by atoms with E-state index in [4.69, 9.17) is 4.74 Å². The van der Waals surface area contributed by atoms with Crippen molar-refractivity contribution in [2.75, 3.05) is 20.3 Å². The third-order valence-corrected chi connectivity index (χ3v) is 4.60. The summed E-state index contributed by atoms with van der Waals surface area (Å²) < 4.78 is 18.3. The van der Waals surface area contributed by atoms with Crippen LogP contribution in [-0.2, 0) is 27.3 Å². The Morgan fingerprint density at radius 2 is 1.69 bits per heavy atom. The first-order chi connectivity index (χ1) is 13.9. The molecule has 0 saturated heterocycles. The van der Waals surface area contributed by atoms with Crippen LogP contribution in [0.25, 0.3) is 0 Å². The molecule has 0 aliphatic heterocycles. The average Bonchev–Trinajstić information content (AvgIpc) is 2.72. The molecule has 0 saturated carbocycles. The monoisotopic (exact) mass is 400 g/mol. The fourth-order valence-electron chi connectivity index (χ4n) is 3.04. The largest absolute Gasteiger partial charge is 0.383 e. The summed E-state index contributed by atoms with van der Waals surface area (Å²) in [7, 11) is 1.57. The van der Waals surface area contributed by atoms with Crippen LogP contribution in [0.4, 0.5) is 4.39 Å². The Labute approximate surface area is 171 Å². The maximum absolute atomic E-state index is 13.3. The molecule has 0 heterocycles. The number of methoxy groups -OCH3 is 1. The quantitative estimate of drug-likeness (QED) is 0.623. The molecular formula is C23H29FN2O3. The third-order valence-electron chi connectivity index (χ3n) is 4.60. The molecule has 156 valence electrons. The second kappa shape index (κ2) is 11.3. The smallest absolute Gasteiger partial charge is 0.243 e. The summed E-state index contributed by atoms with van der Waals surface area (Å²) in [6.07, 6.45) is 0.388. The highest BCUT2D eigenvalue weighted by atomic mass is 19.1. The highest BCUT2D eigenvalue weighted by molar-refractivity contribution is 5.88. The molecule has 1 atom stereocenters. The number of rotatable bonds is 10. The molecule has 2 aromatic carbocycles. The SMILES string of the molecule is COCCNC(=O)[C@@H](Cc1ccccc1)N(Cc1ccc(F)cc1)C(=O)C(C)C. The number of nitrogens with zero attached hydrogens (tertiary/aromatic N) is 1. The van der Waals surface area contributed by atoms with Crippen molar-refractivity contribution in [3.63, 3.8) is 0 Å². The molecule has 5 nitrogen and oxygen atoms in total. The fourth-order valence-corrected chi connectivity index (χ4v) is 3.04. The van der Waals surface area contributed by atoms with Crippen LogP contribution < -0.4 is 5.32 Å². The number of amides is 2. The first-order valence-electron chi connectivity index (χ1n) is 9.78. The van der Waals surface area contributed by atoms with E-state index in [1.54, 1.807) is 24.1 Å². The predicted molar refractivity (Wildman–Crippen MR) is 111 cm³/mol. The summed E-state index contributed by atoms with van der Waals surface area (Å²) in [6, 6.07) is 14.9. The number of benzene rings is 2. The highest BCUT2D eigenvalue weighted by Gasteiger charge is 2.31. The summed E-state index contributed by atoms with van der Waals surface area (Å²) in [5.74, 6) is -0.978. The van der Waals surface area contributed by atoms with E-state index in [1.807, 2.05) is 44.2 Å². The predicted octanol–water partition coefficient (Wildman–Crippen LogP) is 3.18. The van der Waals surface area contributed by atoms with Crippen molar-refractivity contribution in [3.8, 4) is 0 Å². The van der Waals surface area contributed by atoms with Gasteiger partial charge in [0, 0.05) is 32.5 Å². The number of hydrogen-bond donors (Lipinski definition) is 1. The molecular weight excluding hydrogens is 371 g/mol. The maximum atomic E-state index is 13.3. The van der Waals surface area contributed by atoms with Gasteiger partial charge in [-0.3, -0.25) is 9.59 Å². The lowest BCUT2D eigenvalue weighted by atomic mass is 10.0. The Morgan fingerprint density at radius 3 is 2.28 bits per heavy atom. The third kappa shape index (κ3) is 6.98. The van der Waals surface area contributed by atoms with Crippen molar-refractivity contribution in [3.05, 3.63) is 71.5 Å². The number of carbonyl (C=O) groups is 2. The van der Waals surface area contributed by atoms with Gasteiger partial charge in [0.15, 0.2) is 0 Å². The van der Waals surface area contributed by atoms with Gasteiger partial charge in [-0.15, -0.1) is 0 Å². The van der Waals surface area contributed by atoms with Crippen LogP contribution in [0.1, 0.15) is 25.0 Å². The van der Waals surface area contributed by atoms with Crippen molar-refractivity contribution in [2.24, 2.45) is 5.92 Å². The Hall–Kier alpha value is -2.73. The second-order valence-corrected chi connectivity index (χ2v) is 7.24. The van der Waals surface area contributed by atoms with Gasteiger partial charge < -0.3 is 15.0 Å². The van der Waals surface area contributed by atoms with Gasteiger partial charge in [0.05, 0.1) is 6.61 Å². The summed E-state index contributed by atoms with van der Waals surface area (Å²) >= 11 is 0. The summed E-state index contributed by atoms with van der Waals surface area (Å²) in [5.41, 5.74) is 1.73. The van der Waals surface area contributed by atoms with Gasteiger partial charge in [-0.1, -0.05) is 56.3 Å². The Balaban J connectivity index is 2.33. The lowest BCUT2D eigenvalue weighted by Crippen LogP contribution is -2.52. The molecule has 0 bridgehead atoms. The van der Waals surface area contributed by atoms with Gasteiger partial charge in [0.1, 0.15) is 11.9 Å². The average molecular weight is 400 g/mol. The minimum absolute atomic E-state index is 0.128. The van der Waals surface area contributed by atoms with Crippen molar-refractivity contribution >= 4 is 11.8 Å². The molecule has 0 spiro atoms. The molecule has 0 radical (unpaired) electrons. The molecule has 0 aliphatic carbocycles. The summed E-state index contributed by atoms with van der Waals surface area (Å²) in [5, 5.41) is 2.86. The number of carbonyl (C=O) groups excluding carboxylic acids is 2. The first kappa shape index (κ1) is 22.6.